The Kier molecular flexibility index (Phi) is 6.16. The number of rotatable bonds is 6. The second kappa shape index (κ2) is 7.65. The summed E-state index contributed by atoms with van der Waals surface area (Å²) in [6.07, 6.45) is 5.42. The molecule has 1 fully saturated rings. The second-order valence-corrected chi connectivity index (χ2v) is 6.30. The summed E-state index contributed by atoms with van der Waals surface area (Å²) in [7, 11) is 0. The minimum Gasteiger partial charge on any atom is -0.388 e. The first-order valence-electron chi connectivity index (χ1n) is 7.49. The van der Waals surface area contributed by atoms with Crippen molar-refractivity contribution in [2.75, 3.05) is 13.1 Å². The van der Waals surface area contributed by atoms with Crippen molar-refractivity contribution in [3.63, 3.8) is 0 Å². The first-order chi connectivity index (χ1) is 9.63. The molecule has 0 amide bonds. The van der Waals surface area contributed by atoms with Crippen molar-refractivity contribution in [3.8, 4) is 0 Å². The fourth-order valence-corrected chi connectivity index (χ4v) is 3.52. The SMILES string of the molecule is CCN(CCC(O)c1cccc(Cl)c1Cl)C1CCCC1. The van der Waals surface area contributed by atoms with Crippen LogP contribution < -0.4 is 0 Å². The van der Waals surface area contributed by atoms with Gasteiger partial charge in [0.25, 0.3) is 0 Å². The number of hydrogen-bond donors (Lipinski definition) is 1. The molecule has 1 aromatic carbocycles. The van der Waals surface area contributed by atoms with Crippen LogP contribution in [0.1, 0.15) is 50.7 Å². The summed E-state index contributed by atoms with van der Waals surface area (Å²) in [5, 5.41) is 11.3. The van der Waals surface area contributed by atoms with E-state index in [0.29, 0.717) is 22.5 Å². The fraction of sp³-hybridized carbons (Fsp3) is 0.625. The fourth-order valence-electron chi connectivity index (χ4n) is 3.09. The lowest BCUT2D eigenvalue weighted by molar-refractivity contribution is 0.127. The molecule has 2 nitrogen and oxygen atoms in total. The van der Waals surface area contributed by atoms with Gasteiger partial charge in [0.05, 0.1) is 16.1 Å². The van der Waals surface area contributed by atoms with Gasteiger partial charge in [0.1, 0.15) is 0 Å². The Hall–Kier alpha value is -0.280. The molecule has 1 aromatic rings. The monoisotopic (exact) mass is 315 g/mol. The zero-order chi connectivity index (χ0) is 14.5. The molecule has 0 aromatic heterocycles. The minimum absolute atomic E-state index is 0.477. The summed E-state index contributed by atoms with van der Waals surface area (Å²) in [6.45, 7) is 4.14. The number of nitrogens with zero attached hydrogens (tertiary/aromatic N) is 1. The Morgan fingerprint density at radius 3 is 2.65 bits per heavy atom. The maximum atomic E-state index is 10.3. The molecule has 1 atom stereocenters. The number of halogens is 2. The van der Waals surface area contributed by atoms with Gasteiger partial charge in [0.2, 0.25) is 0 Å². The normalized spacial score (nSPS) is 17.9. The second-order valence-electron chi connectivity index (χ2n) is 5.51. The average molecular weight is 316 g/mol. The number of aliphatic hydroxyl groups excluding tert-OH is 1. The van der Waals surface area contributed by atoms with E-state index in [1.165, 1.54) is 25.7 Å². The van der Waals surface area contributed by atoms with Gasteiger partial charge in [0, 0.05) is 18.2 Å². The zero-order valence-electron chi connectivity index (χ0n) is 12.0. The van der Waals surface area contributed by atoms with E-state index in [4.69, 9.17) is 23.2 Å². The number of hydrogen-bond acceptors (Lipinski definition) is 2. The largest absolute Gasteiger partial charge is 0.388 e. The van der Waals surface area contributed by atoms with Crippen LogP contribution in [0.15, 0.2) is 18.2 Å². The molecule has 1 aliphatic rings. The Bertz CT molecular complexity index is 432. The average Bonchev–Trinajstić information content (AvgIpc) is 2.96. The van der Waals surface area contributed by atoms with Crippen LogP contribution in [0.4, 0.5) is 0 Å². The van der Waals surface area contributed by atoms with E-state index in [1.54, 1.807) is 6.07 Å². The van der Waals surface area contributed by atoms with Crippen molar-refractivity contribution in [1.82, 2.24) is 4.90 Å². The van der Waals surface area contributed by atoms with Gasteiger partial charge < -0.3 is 10.0 Å². The molecule has 1 N–H and O–H groups in total. The minimum atomic E-state index is -0.545. The first-order valence-corrected chi connectivity index (χ1v) is 8.25. The highest BCUT2D eigenvalue weighted by atomic mass is 35.5. The third-order valence-electron chi connectivity index (χ3n) is 4.28. The molecule has 1 unspecified atom stereocenters. The zero-order valence-corrected chi connectivity index (χ0v) is 13.5. The Balaban J connectivity index is 1.93. The highest BCUT2D eigenvalue weighted by Gasteiger charge is 2.22. The molecule has 1 aliphatic carbocycles. The maximum Gasteiger partial charge on any atom is 0.0817 e. The van der Waals surface area contributed by atoms with Gasteiger partial charge in [0.15, 0.2) is 0 Å². The lowest BCUT2D eigenvalue weighted by atomic mass is 10.1. The van der Waals surface area contributed by atoms with Crippen LogP contribution in [-0.4, -0.2) is 29.1 Å². The quantitative estimate of drug-likeness (QED) is 0.823. The van der Waals surface area contributed by atoms with Gasteiger partial charge in [-0.15, -0.1) is 0 Å². The van der Waals surface area contributed by atoms with Crippen LogP contribution in [0.3, 0.4) is 0 Å². The van der Waals surface area contributed by atoms with Crippen LogP contribution in [0.2, 0.25) is 10.0 Å². The predicted molar refractivity (Wildman–Crippen MR) is 85.5 cm³/mol. The van der Waals surface area contributed by atoms with Crippen molar-refractivity contribution in [2.24, 2.45) is 0 Å². The highest BCUT2D eigenvalue weighted by Crippen LogP contribution is 2.32. The van der Waals surface area contributed by atoms with E-state index in [1.807, 2.05) is 12.1 Å². The van der Waals surface area contributed by atoms with Crippen LogP contribution >= 0.6 is 23.2 Å². The highest BCUT2D eigenvalue weighted by molar-refractivity contribution is 6.42. The summed E-state index contributed by atoms with van der Waals surface area (Å²) >= 11 is 12.2. The van der Waals surface area contributed by atoms with Gasteiger partial charge in [-0.25, -0.2) is 0 Å². The van der Waals surface area contributed by atoms with Gasteiger partial charge in [-0.2, -0.15) is 0 Å². The van der Waals surface area contributed by atoms with E-state index in [-0.39, 0.29) is 0 Å². The standard InChI is InChI=1S/C16H23Cl2NO/c1-2-19(12-6-3-4-7-12)11-10-15(20)13-8-5-9-14(17)16(13)18/h5,8-9,12,15,20H,2-4,6-7,10-11H2,1H3. The molecule has 0 spiro atoms. The van der Waals surface area contributed by atoms with Crippen LogP contribution in [0.5, 0.6) is 0 Å². The van der Waals surface area contributed by atoms with Crippen molar-refractivity contribution < 1.29 is 5.11 Å². The lowest BCUT2D eigenvalue weighted by Crippen LogP contribution is -2.34. The number of benzene rings is 1. The molecule has 0 heterocycles. The lowest BCUT2D eigenvalue weighted by Gasteiger charge is -2.28. The van der Waals surface area contributed by atoms with Gasteiger partial charge in [-0.3, -0.25) is 0 Å². The van der Waals surface area contributed by atoms with Gasteiger partial charge in [-0.05, 0) is 31.9 Å². The summed E-state index contributed by atoms with van der Waals surface area (Å²) in [5.41, 5.74) is 0.738. The van der Waals surface area contributed by atoms with Gasteiger partial charge in [-0.1, -0.05) is 55.1 Å². The molecule has 20 heavy (non-hydrogen) atoms. The summed E-state index contributed by atoms with van der Waals surface area (Å²) in [5.74, 6) is 0. The van der Waals surface area contributed by atoms with E-state index in [2.05, 4.69) is 11.8 Å². The van der Waals surface area contributed by atoms with Crippen molar-refractivity contribution in [1.29, 1.82) is 0 Å². The van der Waals surface area contributed by atoms with Crippen molar-refractivity contribution in [3.05, 3.63) is 33.8 Å². The molecule has 0 radical (unpaired) electrons. The van der Waals surface area contributed by atoms with Gasteiger partial charge >= 0.3 is 0 Å². The molecular formula is C16H23Cl2NO. The van der Waals surface area contributed by atoms with E-state index in [0.717, 1.165) is 18.7 Å². The summed E-state index contributed by atoms with van der Waals surface area (Å²) in [4.78, 5) is 2.48. The molecule has 1 saturated carbocycles. The molecular weight excluding hydrogens is 293 g/mol. The topological polar surface area (TPSA) is 23.5 Å². The van der Waals surface area contributed by atoms with Crippen LogP contribution in [0, 0.1) is 0 Å². The molecule has 0 bridgehead atoms. The third kappa shape index (κ3) is 3.88. The molecule has 4 heteroatoms. The Morgan fingerprint density at radius 1 is 1.30 bits per heavy atom. The first kappa shape index (κ1) is 16.1. The van der Waals surface area contributed by atoms with E-state index < -0.39 is 6.10 Å². The molecule has 0 aliphatic heterocycles. The Morgan fingerprint density at radius 2 is 2.00 bits per heavy atom. The third-order valence-corrected chi connectivity index (χ3v) is 5.11. The Labute approximate surface area is 131 Å². The number of aliphatic hydroxyl groups is 1. The smallest absolute Gasteiger partial charge is 0.0817 e. The molecule has 112 valence electrons. The molecule has 0 saturated heterocycles. The van der Waals surface area contributed by atoms with E-state index >= 15 is 0 Å². The predicted octanol–water partition coefficient (Wildman–Crippen LogP) is 4.68. The summed E-state index contributed by atoms with van der Waals surface area (Å²) in [6, 6.07) is 6.13. The maximum absolute atomic E-state index is 10.3. The van der Waals surface area contributed by atoms with Crippen LogP contribution in [-0.2, 0) is 0 Å². The van der Waals surface area contributed by atoms with Crippen molar-refractivity contribution in [2.45, 2.75) is 51.2 Å². The van der Waals surface area contributed by atoms with Crippen LogP contribution in [0.25, 0.3) is 0 Å². The van der Waals surface area contributed by atoms with E-state index in [9.17, 15) is 5.11 Å². The summed E-state index contributed by atoms with van der Waals surface area (Å²) < 4.78 is 0. The molecule has 2 rings (SSSR count). The van der Waals surface area contributed by atoms with Crippen molar-refractivity contribution >= 4 is 23.2 Å².